The summed E-state index contributed by atoms with van der Waals surface area (Å²) in [5, 5.41) is 4.41. The van der Waals surface area contributed by atoms with Gasteiger partial charge < -0.3 is 0 Å². The molecule has 0 saturated carbocycles. The van der Waals surface area contributed by atoms with Gasteiger partial charge in [0.2, 0.25) is 0 Å². The van der Waals surface area contributed by atoms with Crippen molar-refractivity contribution in [1.29, 1.82) is 0 Å². The van der Waals surface area contributed by atoms with E-state index in [-0.39, 0.29) is 16.1 Å². The fourth-order valence-corrected chi connectivity index (χ4v) is 95.2. The molecular formula is C19H17FeIN3O4P. The molecule has 1 aromatic carbocycles. The molecule has 7 nitrogen and oxygen atoms in total. The number of hydrogen-bond acceptors (Lipinski definition) is 3. The topological polar surface area (TPSA) is 116 Å². The van der Waals surface area contributed by atoms with Gasteiger partial charge in [0.25, 0.3) is 0 Å². The zero-order valence-electron chi connectivity index (χ0n) is 14.9. The summed E-state index contributed by atoms with van der Waals surface area (Å²) in [4.78, 5) is 31.8. The van der Waals surface area contributed by atoms with Crippen LogP contribution in [0.3, 0.4) is 0 Å². The molecule has 10 saturated heterocycles. The summed E-state index contributed by atoms with van der Waals surface area (Å²) in [6.45, 7) is -3.59. The molecule has 0 aromatic heterocycles. The number of azide groups is 1. The van der Waals surface area contributed by atoms with Crippen molar-refractivity contribution < 1.29 is 25.4 Å². The average Bonchev–Trinajstić information content (AvgIpc) is 3.63. The van der Waals surface area contributed by atoms with Crippen LogP contribution in [-0.4, -0.2) is 15.8 Å². The Kier molecular flexibility index (Phi) is 0.900. The van der Waals surface area contributed by atoms with Gasteiger partial charge in [-0.3, -0.25) is 0 Å². The molecule has 11 rings (SSSR count). The van der Waals surface area contributed by atoms with Crippen molar-refractivity contribution in [2.24, 2.45) is 5.11 Å². The minimum atomic E-state index is -4.75. The van der Waals surface area contributed by atoms with Gasteiger partial charge in [-0.25, -0.2) is 0 Å². The average molecular weight is 565 g/mol. The first-order chi connectivity index (χ1) is 13.6. The molecule has 10 aliphatic rings. The van der Waals surface area contributed by atoms with Gasteiger partial charge >= 0.3 is 170 Å². The van der Waals surface area contributed by atoms with Gasteiger partial charge in [-0.15, -0.1) is 0 Å². The predicted molar refractivity (Wildman–Crippen MR) is 110 cm³/mol. The number of rotatable bonds is 6. The molecule has 10 heteroatoms. The third-order valence-corrected chi connectivity index (χ3v) is 61.2. The Labute approximate surface area is 169 Å². The molecule has 5 unspecified atom stereocenters. The minimum absolute atomic E-state index is 0.202. The van der Waals surface area contributed by atoms with Gasteiger partial charge in [0.1, 0.15) is 0 Å². The molecule has 1 aromatic rings. The van der Waals surface area contributed by atoms with Crippen molar-refractivity contribution >= 4 is 36.2 Å². The standard InChI is InChI=1S/C14H12IN3O4P.C5H5.Fe/c15-12(13(17-18-16)10-6-4-5-7-10)14(22-23(19,20)21)11-8-2-1-3-9-11;1-2-4-5-3-1;/h1-9,13H,(H2,19,20,21);1-5H;. The van der Waals surface area contributed by atoms with Crippen molar-refractivity contribution in [2.75, 3.05) is 0 Å². The van der Waals surface area contributed by atoms with Crippen LogP contribution in [0.2, 0.25) is 47.7 Å². The van der Waals surface area contributed by atoms with Crippen LogP contribution >= 0.6 is 30.4 Å². The third-order valence-electron chi connectivity index (χ3n) is 17.1. The number of halogens is 1. The van der Waals surface area contributed by atoms with Crippen molar-refractivity contribution in [3.63, 3.8) is 0 Å². The normalized spacial score (nSPS) is 76.9. The number of nitrogens with zero attached hydrogens (tertiary/aromatic N) is 3. The van der Waals surface area contributed by atoms with Crippen molar-refractivity contribution in [2.45, 2.75) is 53.7 Å². The summed E-state index contributed by atoms with van der Waals surface area (Å²) >= 11 is 2.18. The van der Waals surface area contributed by atoms with E-state index in [4.69, 9.17) is 4.52 Å². The Morgan fingerprint density at radius 2 is 1.69 bits per heavy atom. The monoisotopic (exact) mass is 565 g/mol. The summed E-state index contributed by atoms with van der Waals surface area (Å²) in [5.74, 6) is 0.202. The molecule has 0 aliphatic carbocycles. The first-order valence-corrected chi connectivity index (χ1v) is 19.0. The zero-order chi connectivity index (χ0) is 19.5. The van der Waals surface area contributed by atoms with Crippen LogP contribution in [0.25, 0.3) is 16.2 Å². The van der Waals surface area contributed by atoms with Crippen LogP contribution in [-0.2, 0) is 15.6 Å². The first-order valence-electron chi connectivity index (χ1n) is 10.1. The Morgan fingerprint density at radius 3 is 2.07 bits per heavy atom. The molecular weight excluding hydrogens is 548 g/mol. The van der Waals surface area contributed by atoms with Crippen LogP contribution in [0.15, 0.2) is 39.0 Å². The second kappa shape index (κ2) is 1.80. The Balaban J connectivity index is 1.20. The van der Waals surface area contributed by atoms with Gasteiger partial charge in [0, 0.05) is 0 Å². The quantitative estimate of drug-likeness (QED) is 0.0797. The maximum absolute atomic E-state index is 11.8. The van der Waals surface area contributed by atoms with E-state index in [0.29, 0.717) is 9.14 Å². The van der Waals surface area contributed by atoms with E-state index >= 15 is 0 Å². The molecule has 10 fully saturated rings. The van der Waals surface area contributed by atoms with E-state index in [1.807, 2.05) is 18.2 Å². The Bertz CT molecular complexity index is 1570. The Morgan fingerprint density at radius 1 is 1.14 bits per heavy atom. The molecule has 10 heterocycles. The van der Waals surface area contributed by atoms with Crippen LogP contribution in [0.5, 0.6) is 0 Å². The fourth-order valence-electron chi connectivity index (χ4n) is 18.6. The fraction of sp³-hybridized carbons (Fsp3) is 0.579. The number of hydrogen-bond donors (Lipinski definition) is 2. The molecule has 152 valence electrons. The summed E-state index contributed by atoms with van der Waals surface area (Å²) in [7, 11) is -4.75. The van der Waals surface area contributed by atoms with Crippen LogP contribution in [0.4, 0.5) is 0 Å². The maximum atomic E-state index is 11.8. The second-order valence-corrected chi connectivity index (χ2v) is 38.9. The molecule has 5 atom stereocenters. The number of phosphoric ester groups is 1. The van der Waals surface area contributed by atoms with E-state index in [0.717, 1.165) is 43.3 Å². The molecule has 29 heavy (non-hydrogen) atoms. The van der Waals surface area contributed by atoms with E-state index < -0.39 is 14.3 Å². The van der Waals surface area contributed by atoms with Gasteiger partial charge in [-0.1, -0.05) is 0 Å². The van der Waals surface area contributed by atoms with Crippen molar-refractivity contribution in [3.8, 4) is 0 Å². The molecule has 0 bridgehead atoms. The number of fused-ring (bicyclic) bond motifs is 10. The molecule has 2 N–H and O–H groups in total. The van der Waals surface area contributed by atoms with Crippen LogP contribution in [0.1, 0.15) is 5.56 Å². The molecule has 1 spiro atoms. The number of phosphoric acid groups is 1. The summed E-state index contributed by atoms with van der Waals surface area (Å²) < 4.78 is 18.0. The van der Waals surface area contributed by atoms with Gasteiger partial charge in [-0.2, -0.15) is 0 Å². The summed E-state index contributed by atoms with van der Waals surface area (Å²) in [6.07, 6.45) is 0. The van der Waals surface area contributed by atoms with Crippen LogP contribution in [0, 0.1) is 0 Å². The molecule has 0 amide bonds. The Hall–Kier alpha value is -0.531. The van der Waals surface area contributed by atoms with Crippen LogP contribution < -0.4 is 0 Å². The van der Waals surface area contributed by atoms with Crippen molar-refractivity contribution in [3.05, 3.63) is 49.9 Å². The second-order valence-electron chi connectivity index (χ2n) is 13.0. The molecule has 0 radical (unpaired) electrons. The van der Waals surface area contributed by atoms with E-state index in [2.05, 4.69) is 32.6 Å². The first kappa shape index (κ1) is 14.5. The summed E-state index contributed by atoms with van der Waals surface area (Å²) in [6, 6.07) is 8.83. The van der Waals surface area contributed by atoms with Gasteiger partial charge in [-0.05, 0) is 0 Å². The predicted octanol–water partition coefficient (Wildman–Crippen LogP) is 6.34. The molecule has 10 aliphatic heterocycles. The van der Waals surface area contributed by atoms with E-state index in [1.165, 1.54) is 0 Å². The van der Waals surface area contributed by atoms with E-state index in [9.17, 15) is 19.9 Å². The third kappa shape index (κ3) is 0.293. The summed E-state index contributed by atoms with van der Waals surface area (Å²) in [5.41, 5.74) is 10.2. The zero-order valence-corrected chi connectivity index (χ0v) is 19.0. The van der Waals surface area contributed by atoms with Gasteiger partial charge in [0.15, 0.2) is 0 Å². The van der Waals surface area contributed by atoms with Crippen molar-refractivity contribution in [1.82, 2.24) is 0 Å². The van der Waals surface area contributed by atoms with Gasteiger partial charge in [0.05, 0.1) is 0 Å². The SMILES string of the molecule is [N-]=[N+]=NC(C(I)=C(OP(=O)(O)O)c1ccccc1)[C]12[CH]3[CH]4[CH]5[CH]1[Fe]45321678[CH]2[CH]1[CH]6[CH]7[CH]28. The number of benzene rings is 1. The van der Waals surface area contributed by atoms with E-state index in [1.54, 1.807) is 12.1 Å².